The molecule has 2 saturated heterocycles. The molecule has 2 heterocycles. The van der Waals surface area contributed by atoms with Crippen LogP contribution in [0.1, 0.15) is 26.2 Å². The van der Waals surface area contributed by atoms with Gasteiger partial charge < -0.3 is 4.74 Å². The summed E-state index contributed by atoms with van der Waals surface area (Å²) in [6.07, 6.45) is 2.52. The second kappa shape index (κ2) is 4.03. The maximum absolute atomic E-state index is 11.3. The Morgan fingerprint density at radius 1 is 1.40 bits per heavy atom. The van der Waals surface area contributed by atoms with Crippen molar-refractivity contribution in [2.45, 2.75) is 31.9 Å². The predicted molar refractivity (Wildman–Crippen MR) is 58.4 cm³/mol. The summed E-state index contributed by atoms with van der Waals surface area (Å²) < 4.78 is 28.2. The zero-order valence-corrected chi connectivity index (χ0v) is 9.98. The lowest BCUT2D eigenvalue weighted by molar-refractivity contribution is -0.0145. The molecule has 88 valence electrons. The van der Waals surface area contributed by atoms with Crippen molar-refractivity contribution in [2.75, 3.05) is 24.7 Å². The zero-order chi connectivity index (χ0) is 10.9. The molecule has 15 heavy (non-hydrogen) atoms. The van der Waals surface area contributed by atoms with Gasteiger partial charge in [0.15, 0.2) is 0 Å². The Morgan fingerprint density at radius 3 is 2.60 bits per heavy atom. The van der Waals surface area contributed by atoms with Crippen LogP contribution < -0.4 is 5.32 Å². The average molecular weight is 233 g/mol. The van der Waals surface area contributed by atoms with Gasteiger partial charge in [-0.25, -0.2) is 8.42 Å². The molecule has 2 aliphatic heterocycles. The second-order valence-electron chi connectivity index (χ2n) is 4.81. The standard InChI is InChI=1S/C10H19NO3S/c1-10(11-4-5-14-10)8-9-2-6-15(12,13)7-3-9/h9,11H,2-8H2,1H3. The van der Waals surface area contributed by atoms with Gasteiger partial charge in [-0.05, 0) is 32.1 Å². The molecule has 2 rings (SSSR count). The molecule has 1 unspecified atom stereocenters. The third-order valence-corrected chi connectivity index (χ3v) is 5.09. The lowest BCUT2D eigenvalue weighted by atomic mass is 9.93. The van der Waals surface area contributed by atoms with Crippen molar-refractivity contribution in [3.63, 3.8) is 0 Å². The quantitative estimate of drug-likeness (QED) is 0.756. The average Bonchev–Trinajstić information content (AvgIpc) is 2.57. The number of rotatable bonds is 2. The Bertz CT molecular complexity index is 306. The second-order valence-corrected chi connectivity index (χ2v) is 7.11. The van der Waals surface area contributed by atoms with Gasteiger partial charge in [-0.15, -0.1) is 0 Å². The van der Waals surface area contributed by atoms with Crippen molar-refractivity contribution in [1.29, 1.82) is 0 Å². The first-order valence-electron chi connectivity index (χ1n) is 5.59. The summed E-state index contributed by atoms with van der Waals surface area (Å²) >= 11 is 0. The van der Waals surface area contributed by atoms with E-state index in [9.17, 15) is 8.42 Å². The largest absolute Gasteiger partial charge is 0.360 e. The topological polar surface area (TPSA) is 55.4 Å². The number of hydrogen-bond acceptors (Lipinski definition) is 4. The molecule has 0 radical (unpaired) electrons. The van der Waals surface area contributed by atoms with E-state index in [-0.39, 0.29) is 5.72 Å². The number of sulfone groups is 1. The first kappa shape index (κ1) is 11.4. The minimum absolute atomic E-state index is 0.216. The maximum atomic E-state index is 11.3. The molecule has 0 saturated carbocycles. The molecule has 1 N–H and O–H groups in total. The third kappa shape index (κ3) is 2.92. The van der Waals surface area contributed by atoms with Crippen LogP contribution in [0.3, 0.4) is 0 Å². The fourth-order valence-corrected chi connectivity index (χ4v) is 4.06. The molecular formula is C10H19NO3S. The van der Waals surface area contributed by atoms with Crippen LogP contribution >= 0.6 is 0 Å². The monoisotopic (exact) mass is 233 g/mol. The van der Waals surface area contributed by atoms with Gasteiger partial charge in [-0.3, -0.25) is 5.32 Å². The van der Waals surface area contributed by atoms with Crippen molar-refractivity contribution in [3.05, 3.63) is 0 Å². The van der Waals surface area contributed by atoms with Crippen LogP contribution in [0.4, 0.5) is 0 Å². The molecule has 5 heteroatoms. The van der Waals surface area contributed by atoms with E-state index in [4.69, 9.17) is 4.74 Å². The summed E-state index contributed by atoms with van der Waals surface area (Å²) in [5.74, 6) is 1.20. The third-order valence-electron chi connectivity index (χ3n) is 3.37. The Balaban J connectivity index is 1.86. The van der Waals surface area contributed by atoms with Crippen LogP contribution in [0, 0.1) is 5.92 Å². The van der Waals surface area contributed by atoms with Crippen LogP contribution in [0.2, 0.25) is 0 Å². The van der Waals surface area contributed by atoms with Crippen LogP contribution in [0.5, 0.6) is 0 Å². The fraction of sp³-hybridized carbons (Fsp3) is 1.00. The van der Waals surface area contributed by atoms with Gasteiger partial charge in [-0.1, -0.05) is 0 Å². The van der Waals surface area contributed by atoms with Gasteiger partial charge in [0.05, 0.1) is 18.1 Å². The van der Waals surface area contributed by atoms with Gasteiger partial charge in [-0.2, -0.15) is 0 Å². The van der Waals surface area contributed by atoms with Gasteiger partial charge >= 0.3 is 0 Å². The molecule has 4 nitrogen and oxygen atoms in total. The highest BCUT2D eigenvalue weighted by Crippen LogP contribution is 2.29. The van der Waals surface area contributed by atoms with Crippen LogP contribution in [-0.4, -0.2) is 38.8 Å². The Kier molecular flexibility index (Phi) is 3.05. The molecule has 1 atom stereocenters. The van der Waals surface area contributed by atoms with Crippen molar-refractivity contribution < 1.29 is 13.2 Å². The van der Waals surface area contributed by atoms with Crippen LogP contribution in [0.25, 0.3) is 0 Å². The summed E-state index contributed by atoms with van der Waals surface area (Å²) in [5.41, 5.74) is -0.216. The van der Waals surface area contributed by atoms with E-state index in [1.165, 1.54) is 0 Å². The van der Waals surface area contributed by atoms with E-state index in [0.29, 0.717) is 17.4 Å². The van der Waals surface area contributed by atoms with Gasteiger partial charge in [0.25, 0.3) is 0 Å². The van der Waals surface area contributed by atoms with Gasteiger partial charge in [0.1, 0.15) is 15.6 Å². The highest BCUT2D eigenvalue weighted by Gasteiger charge is 2.34. The van der Waals surface area contributed by atoms with Gasteiger partial charge in [0.2, 0.25) is 0 Å². The summed E-state index contributed by atoms with van der Waals surface area (Å²) in [5, 5.41) is 3.33. The SMILES string of the molecule is CC1(CC2CCS(=O)(=O)CC2)NCCO1. The summed E-state index contributed by atoms with van der Waals surface area (Å²) in [7, 11) is -2.73. The van der Waals surface area contributed by atoms with E-state index in [0.717, 1.165) is 32.4 Å². The molecule has 0 spiro atoms. The minimum Gasteiger partial charge on any atom is -0.360 e. The Morgan fingerprint density at radius 2 is 2.07 bits per heavy atom. The highest BCUT2D eigenvalue weighted by atomic mass is 32.2. The van der Waals surface area contributed by atoms with Crippen molar-refractivity contribution in [3.8, 4) is 0 Å². The highest BCUT2D eigenvalue weighted by molar-refractivity contribution is 7.91. The van der Waals surface area contributed by atoms with Crippen molar-refractivity contribution in [1.82, 2.24) is 5.32 Å². The molecule has 0 aliphatic carbocycles. The molecule has 0 bridgehead atoms. The first-order valence-corrected chi connectivity index (χ1v) is 7.41. The molecule has 2 aliphatic rings. The maximum Gasteiger partial charge on any atom is 0.150 e. The summed E-state index contributed by atoms with van der Waals surface area (Å²) in [6, 6.07) is 0. The molecular weight excluding hydrogens is 214 g/mol. The number of hydrogen-bond donors (Lipinski definition) is 1. The smallest absolute Gasteiger partial charge is 0.150 e. The van der Waals surface area contributed by atoms with E-state index in [1.807, 2.05) is 0 Å². The molecule has 0 aromatic carbocycles. The Labute approximate surface area is 91.3 Å². The minimum atomic E-state index is -2.73. The lowest BCUT2D eigenvalue weighted by Crippen LogP contribution is -2.41. The molecule has 0 amide bonds. The normalized spacial score (nSPS) is 36.9. The lowest BCUT2D eigenvalue weighted by Gasteiger charge is -2.30. The number of ether oxygens (including phenoxy) is 1. The van der Waals surface area contributed by atoms with E-state index < -0.39 is 9.84 Å². The van der Waals surface area contributed by atoms with E-state index >= 15 is 0 Å². The summed E-state index contributed by atoms with van der Waals surface area (Å²) in [6.45, 7) is 3.73. The predicted octanol–water partition coefficient (Wildman–Crippen LogP) is 0.537. The fourth-order valence-electron chi connectivity index (χ4n) is 2.47. The molecule has 0 aromatic heterocycles. The van der Waals surface area contributed by atoms with E-state index in [2.05, 4.69) is 12.2 Å². The first-order chi connectivity index (χ1) is 6.99. The summed E-state index contributed by atoms with van der Waals surface area (Å²) in [4.78, 5) is 0. The molecule has 0 aromatic rings. The molecule has 2 fully saturated rings. The van der Waals surface area contributed by atoms with Crippen molar-refractivity contribution >= 4 is 9.84 Å². The van der Waals surface area contributed by atoms with E-state index in [1.54, 1.807) is 0 Å². The van der Waals surface area contributed by atoms with Crippen molar-refractivity contribution in [2.24, 2.45) is 5.92 Å². The van der Waals surface area contributed by atoms with Crippen LogP contribution in [-0.2, 0) is 14.6 Å². The Hall–Kier alpha value is -0.130. The van der Waals surface area contributed by atoms with Crippen LogP contribution in [0.15, 0.2) is 0 Å². The number of nitrogens with one attached hydrogen (secondary N) is 1. The van der Waals surface area contributed by atoms with Gasteiger partial charge in [0, 0.05) is 6.54 Å². The zero-order valence-electron chi connectivity index (χ0n) is 9.16.